The average Bonchev–Trinajstić information content (AvgIpc) is 2.93. The number of nitrogens with one attached hydrogen (secondary N) is 1. The minimum atomic E-state index is 0.0511. The molecule has 106 valence electrons. The minimum Gasteiger partial charge on any atom is -0.360 e. The molecule has 0 aliphatic rings. The fraction of sp³-hybridized carbons (Fsp3) is 0.167. The zero-order valence-corrected chi connectivity index (χ0v) is 13.6. The van der Waals surface area contributed by atoms with Crippen LogP contribution in [-0.4, -0.2) is 10.8 Å². The summed E-state index contributed by atoms with van der Waals surface area (Å²) < 4.78 is 0.961. The topological polar surface area (TPSA) is 32.9 Å². The molecule has 0 saturated carbocycles. The van der Waals surface area contributed by atoms with Crippen LogP contribution in [0.2, 0.25) is 0 Å². The number of aromatic nitrogens is 1. The van der Waals surface area contributed by atoms with E-state index in [1.807, 2.05) is 43.5 Å². The first-order chi connectivity index (χ1) is 10.1. The number of halogens is 1. The van der Waals surface area contributed by atoms with Crippen LogP contribution in [0.5, 0.6) is 0 Å². The molecule has 0 aliphatic heterocycles. The molecule has 0 amide bonds. The molecule has 2 nitrogen and oxygen atoms in total. The third-order valence-corrected chi connectivity index (χ3v) is 4.72. The zero-order valence-electron chi connectivity index (χ0n) is 12.0. The van der Waals surface area contributed by atoms with Crippen molar-refractivity contribution >= 4 is 32.6 Å². The van der Waals surface area contributed by atoms with E-state index in [1.165, 1.54) is 5.56 Å². The van der Waals surface area contributed by atoms with Gasteiger partial charge >= 0.3 is 0 Å². The first-order valence-corrected chi connectivity index (χ1v) is 7.81. The molecule has 0 unspecified atom stereocenters. The number of ketones is 1. The summed E-state index contributed by atoms with van der Waals surface area (Å²) >= 11 is 3.49. The van der Waals surface area contributed by atoms with Crippen LogP contribution in [0.25, 0.3) is 10.9 Å². The van der Waals surface area contributed by atoms with E-state index in [1.54, 1.807) is 0 Å². The Bertz CT molecular complexity index is 832. The molecule has 1 N–H and O–H groups in total. The molecule has 21 heavy (non-hydrogen) atoms. The van der Waals surface area contributed by atoms with E-state index < -0.39 is 0 Å². The zero-order chi connectivity index (χ0) is 15.0. The Hall–Kier alpha value is -1.87. The third kappa shape index (κ3) is 2.42. The number of aryl methyl sites for hydroxylation is 2. The normalized spacial score (nSPS) is 11.0. The lowest BCUT2D eigenvalue weighted by atomic mass is 10.00. The summed E-state index contributed by atoms with van der Waals surface area (Å²) in [5, 5.41) is 0.996. The SMILES string of the molecule is CCc1cccc2c(C(=O)c3ccc(C)c(Br)c3)c[nH]c12. The van der Waals surface area contributed by atoms with Crippen molar-refractivity contribution in [2.24, 2.45) is 0 Å². The molecule has 0 saturated heterocycles. The molecule has 0 fully saturated rings. The molecule has 0 radical (unpaired) electrons. The fourth-order valence-corrected chi connectivity index (χ4v) is 2.97. The summed E-state index contributed by atoms with van der Waals surface area (Å²) in [5.74, 6) is 0.0511. The van der Waals surface area contributed by atoms with E-state index in [9.17, 15) is 4.79 Å². The number of fused-ring (bicyclic) bond motifs is 1. The van der Waals surface area contributed by atoms with Crippen LogP contribution in [0, 0.1) is 6.92 Å². The number of hydrogen-bond donors (Lipinski definition) is 1. The number of carbonyl (C=O) groups is 1. The second kappa shape index (κ2) is 5.49. The number of para-hydroxylation sites is 1. The van der Waals surface area contributed by atoms with E-state index >= 15 is 0 Å². The lowest BCUT2D eigenvalue weighted by Gasteiger charge is -2.04. The van der Waals surface area contributed by atoms with Crippen LogP contribution in [0.3, 0.4) is 0 Å². The van der Waals surface area contributed by atoms with Crippen molar-refractivity contribution in [1.82, 2.24) is 4.98 Å². The van der Waals surface area contributed by atoms with Crippen LogP contribution in [0.1, 0.15) is 34.0 Å². The molecule has 0 spiro atoms. The molecular weight excluding hydrogens is 326 g/mol. The summed E-state index contributed by atoms with van der Waals surface area (Å²) in [6, 6.07) is 11.8. The summed E-state index contributed by atoms with van der Waals surface area (Å²) in [4.78, 5) is 16.0. The second-order valence-electron chi connectivity index (χ2n) is 5.19. The third-order valence-electron chi connectivity index (χ3n) is 3.86. The second-order valence-corrected chi connectivity index (χ2v) is 6.04. The minimum absolute atomic E-state index is 0.0511. The summed E-state index contributed by atoms with van der Waals surface area (Å²) in [5.41, 5.74) is 4.86. The molecular formula is C18H16BrNO. The van der Waals surface area contributed by atoms with Gasteiger partial charge in [-0.25, -0.2) is 0 Å². The number of aromatic amines is 1. The van der Waals surface area contributed by atoms with Gasteiger partial charge in [0.2, 0.25) is 0 Å². The highest BCUT2D eigenvalue weighted by Crippen LogP contribution is 2.26. The van der Waals surface area contributed by atoms with Crippen LogP contribution in [-0.2, 0) is 6.42 Å². The Balaban J connectivity index is 2.11. The van der Waals surface area contributed by atoms with Crippen LogP contribution >= 0.6 is 15.9 Å². The van der Waals surface area contributed by atoms with E-state index in [2.05, 4.69) is 33.9 Å². The maximum Gasteiger partial charge on any atom is 0.195 e. The Labute approximate surface area is 132 Å². The number of benzene rings is 2. The molecule has 2 aromatic carbocycles. The lowest BCUT2D eigenvalue weighted by Crippen LogP contribution is -2.00. The largest absolute Gasteiger partial charge is 0.360 e. The molecule has 3 aromatic rings. The van der Waals surface area contributed by atoms with Crippen molar-refractivity contribution in [3.05, 3.63) is 69.3 Å². The van der Waals surface area contributed by atoms with Gasteiger partial charge in [-0.05, 0) is 30.5 Å². The smallest absolute Gasteiger partial charge is 0.195 e. The van der Waals surface area contributed by atoms with Gasteiger partial charge in [-0.1, -0.05) is 53.2 Å². The van der Waals surface area contributed by atoms with E-state index in [4.69, 9.17) is 0 Å². The van der Waals surface area contributed by atoms with Gasteiger partial charge in [0.05, 0.1) is 0 Å². The van der Waals surface area contributed by atoms with E-state index in [0.717, 1.165) is 32.9 Å². The first kappa shape index (κ1) is 14.1. The molecule has 0 aliphatic carbocycles. The van der Waals surface area contributed by atoms with Gasteiger partial charge in [-0.3, -0.25) is 4.79 Å². The summed E-state index contributed by atoms with van der Waals surface area (Å²) in [6.07, 6.45) is 2.77. The van der Waals surface area contributed by atoms with Crippen LogP contribution in [0.15, 0.2) is 47.1 Å². The van der Waals surface area contributed by atoms with Crippen molar-refractivity contribution < 1.29 is 4.79 Å². The maximum absolute atomic E-state index is 12.7. The number of H-pyrrole nitrogens is 1. The Morgan fingerprint density at radius 1 is 1.24 bits per heavy atom. The Kier molecular flexibility index (Phi) is 3.68. The molecule has 1 aromatic heterocycles. The summed E-state index contributed by atoms with van der Waals surface area (Å²) in [6.45, 7) is 4.13. The highest BCUT2D eigenvalue weighted by atomic mass is 79.9. The van der Waals surface area contributed by atoms with Gasteiger partial charge in [0.15, 0.2) is 5.78 Å². The maximum atomic E-state index is 12.7. The predicted molar refractivity (Wildman–Crippen MR) is 90.0 cm³/mol. The van der Waals surface area contributed by atoms with Gasteiger partial charge < -0.3 is 4.98 Å². The Morgan fingerprint density at radius 3 is 2.76 bits per heavy atom. The number of rotatable bonds is 3. The average molecular weight is 342 g/mol. The molecule has 3 rings (SSSR count). The van der Waals surface area contributed by atoms with Crippen molar-refractivity contribution in [2.45, 2.75) is 20.3 Å². The van der Waals surface area contributed by atoms with Gasteiger partial charge in [0.1, 0.15) is 0 Å². The molecule has 1 heterocycles. The van der Waals surface area contributed by atoms with Crippen molar-refractivity contribution in [3.8, 4) is 0 Å². The van der Waals surface area contributed by atoms with Gasteiger partial charge in [-0.2, -0.15) is 0 Å². The van der Waals surface area contributed by atoms with Gasteiger partial charge in [0.25, 0.3) is 0 Å². The predicted octanol–water partition coefficient (Wildman–Crippen LogP) is 5.03. The Morgan fingerprint density at radius 2 is 2.05 bits per heavy atom. The van der Waals surface area contributed by atoms with Gasteiger partial charge in [0, 0.05) is 32.7 Å². The van der Waals surface area contributed by atoms with Crippen molar-refractivity contribution in [3.63, 3.8) is 0 Å². The standard InChI is InChI=1S/C18H16BrNO/c1-3-12-5-4-6-14-15(10-20-17(12)14)18(21)13-8-7-11(2)16(19)9-13/h4-10,20H,3H2,1-2H3. The monoisotopic (exact) mass is 341 g/mol. The lowest BCUT2D eigenvalue weighted by molar-refractivity contribution is 0.104. The highest BCUT2D eigenvalue weighted by Gasteiger charge is 2.15. The van der Waals surface area contributed by atoms with Crippen molar-refractivity contribution in [2.75, 3.05) is 0 Å². The number of hydrogen-bond acceptors (Lipinski definition) is 1. The molecule has 0 bridgehead atoms. The fourth-order valence-electron chi connectivity index (χ4n) is 2.59. The van der Waals surface area contributed by atoms with Gasteiger partial charge in [-0.15, -0.1) is 0 Å². The molecule has 3 heteroatoms. The van der Waals surface area contributed by atoms with Crippen molar-refractivity contribution in [1.29, 1.82) is 0 Å². The van der Waals surface area contributed by atoms with E-state index in [0.29, 0.717) is 5.56 Å². The quantitative estimate of drug-likeness (QED) is 0.665. The van der Waals surface area contributed by atoms with E-state index in [-0.39, 0.29) is 5.78 Å². The molecule has 0 atom stereocenters. The van der Waals surface area contributed by atoms with Crippen LogP contribution < -0.4 is 0 Å². The number of carbonyl (C=O) groups excluding carboxylic acids is 1. The highest BCUT2D eigenvalue weighted by molar-refractivity contribution is 9.10. The van der Waals surface area contributed by atoms with Crippen LogP contribution in [0.4, 0.5) is 0 Å². The summed E-state index contributed by atoms with van der Waals surface area (Å²) in [7, 11) is 0. The first-order valence-electron chi connectivity index (χ1n) is 7.01.